The third-order valence-corrected chi connectivity index (χ3v) is 3.50. The van der Waals surface area contributed by atoms with Gasteiger partial charge in [-0.25, -0.2) is 4.39 Å². The third kappa shape index (κ3) is 3.23. The number of pyridine rings is 1. The summed E-state index contributed by atoms with van der Waals surface area (Å²) in [5.74, 6) is -0.847. The molecule has 0 bridgehead atoms. The fourth-order valence-corrected chi connectivity index (χ4v) is 2.32. The number of anilines is 2. The van der Waals surface area contributed by atoms with Gasteiger partial charge < -0.3 is 15.0 Å². The topological polar surface area (TPSA) is 54.5 Å². The summed E-state index contributed by atoms with van der Waals surface area (Å²) in [5.41, 5.74) is 1.42. The monoisotopic (exact) mass is 301 g/mol. The van der Waals surface area contributed by atoms with E-state index < -0.39 is 5.82 Å². The van der Waals surface area contributed by atoms with Crippen LogP contribution >= 0.6 is 0 Å². The number of nitrogens with one attached hydrogen (secondary N) is 1. The number of amides is 1. The lowest BCUT2D eigenvalue weighted by molar-refractivity contribution is 0.102. The number of carbonyl (C=O) groups excluding carboxylic acids is 1. The molecular weight excluding hydrogens is 285 g/mol. The van der Waals surface area contributed by atoms with E-state index in [1.807, 2.05) is 0 Å². The van der Waals surface area contributed by atoms with Crippen LogP contribution in [0.5, 0.6) is 0 Å². The number of ether oxygens (including phenoxy) is 1. The van der Waals surface area contributed by atoms with Crippen molar-refractivity contribution in [3.63, 3.8) is 0 Å². The molecule has 1 aromatic heterocycles. The minimum absolute atomic E-state index is 0.165. The molecule has 6 heteroatoms. The SMILES string of the molecule is O=C(Nc1cc(N2CCOCC2)ccc1F)c1cccnc1. The van der Waals surface area contributed by atoms with Crippen molar-refractivity contribution in [2.24, 2.45) is 0 Å². The molecule has 0 radical (unpaired) electrons. The molecule has 1 N–H and O–H groups in total. The van der Waals surface area contributed by atoms with E-state index in [1.165, 1.54) is 12.3 Å². The second-order valence-electron chi connectivity index (χ2n) is 4.96. The molecule has 1 fully saturated rings. The van der Waals surface area contributed by atoms with Gasteiger partial charge in [0.05, 0.1) is 24.5 Å². The maximum absolute atomic E-state index is 13.9. The molecule has 0 saturated carbocycles. The van der Waals surface area contributed by atoms with E-state index in [-0.39, 0.29) is 11.6 Å². The summed E-state index contributed by atoms with van der Waals surface area (Å²) in [5, 5.41) is 2.59. The number of morpholine rings is 1. The molecule has 22 heavy (non-hydrogen) atoms. The number of carbonyl (C=O) groups is 1. The van der Waals surface area contributed by atoms with Gasteiger partial charge in [0.1, 0.15) is 5.82 Å². The summed E-state index contributed by atoms with van der Waals surface area (Å²) in [4.78, 5) is 18.1. The number of aromatic nitrogens is 1. The Morgan fingerprint density at radius 1 is 1.27 bits per heavy atom. The van der Waals surface area contributed by atoms with Gasteiger partial charge in [-0.1, -0.05) is 0 Å². The largest absolute Gasteiger partial charge is 0.378 e. The van der Waals surface area contributed by atoms with Crippen LogP contribution in [0.2, 0.25) is 0 Å². The first-order valence-corrected chi connectivity index (χ1v) is 7.07. The summed E-state index contributed by atoms with van der Waals surface area (Å²) in [6, 6.07) is 8.01. The molecule has 1 aromatic carbocycles. The maximum Gasteiger partial charge on any atom is 0.257 e. The fourth-order valence-electron chi connectivity index (χ4n) is 2.32. The summed E-state index contributed by atoms with van der Waals surface area (Å²) >= 11 is 0. The smallest absolute Gasteiger partial charge is 0.257 e. The molecular formula is C16H16FN3O2. The highest BCUT2D eigenvalue weighted by atomic mass is 19.1. The standard InChI is InChI=1S/C16H16FN3O2/c17-14-4-3-13(20-6-8-22-9-7-20)10-15(14)19-16(21)12-2-1-5-18-11-12/h1-5,10-11H,6-9H2,(H,19,21). The average Bonchev–Trinajstić information content (AvgIpc) is 2.58. The van der Waals surface area contributed by atoms with Gasteiger partial charge in [-0.2, -0.15) is 0 Å². The predicted molar refractivity (Wildman–Crippen MR) is 81.6 cm³/mol. The summed E-state index contributed by atoms with van der Waals surface area (Å²) < 4.78 is 19.2. The Kier molecular flexibility index (Phi) is 4.29. The van der Waals surface area contributed by atoms with Crippen LogP contribution in [0.4, 0.5) is 15.8 Å². The first-order valence-electron chi connectivity index (χ1n) is 7.07. The number of rotatable bonds is 3. The van der Waals surface area contributed by atoms with Gasteiger partial charge in [-0.3, -0.25) is 9.78 Å². The Bertz CT molecular complexity index is 658. The first kappa shape index (κ1) is 14.5. The Balaban J connectivity index is 1.79. The summed E-state index contributed by atoms with van der Waals surface area (Å²) in [7, 11) is 0. The lowest BCUT2D eigenvalue weighted by atomic mass is 10.2. The van der Waals surface area contributed by atoms with Crippen LogP contribution < -0.4 is 10.2 Å². The molecule has 1 aliphatic rings. The number of halogens is 1. The van der Waals surface area contributed by atoms with Crippen molar-refractivity contribution in [2.45, 2.75) is 0 Å². The van der Waals surface area contributed by atoms with E-state index in [4.69, 9.17) is 4.74 Å². The highest BCUT2D eigenvalue weighted by molar-refractivity contribution is 6.04. The molecule has 1 aliphatic heterocycles. The summed E-state index contributed by atoms with van der Waals surface area (Å²) in [6.45, 7) is 2.80. The number of hydrogen-bond acceptors (Lipinski definition) is 4. The average molecular weight is 301 g/mol. The summed E-state index contributed by atoms with van der Waals surface area (Å²) in [6.07, 6.45) is 3.02. The predicted octanol–water partition coefficient (Wildman–Crippen LogP) is 2.31. The second kappa shape index (κ2) is 6.53. The van der Waals surface area contributed by atoms with E-state index in [0.29, 0.717) is 18.8 Å². The van der Waals surface area contributed by atoms with Crippen LogP contribution in [0, 0.1) is 5.82 Å². The van der Waals surface area contributed by atoms with Crippen molar-refractivity contribution in [1.82, 2.24) is 4.98 Å². The molecule has 0 spiro atoms. The normalized spacial score (nSPS) is 14.7. The highest BCUT2D eigenvalue weighted by Gasteiger charge is 2.15. The van der Waals surface area contributed by atoms with Crippen molar-refractivity contribution < 1.29 is 13.9 Å². The zero-order chi connectivity index (χ0) is 15.4. The van der Waals surface area contributed by atoms with Gasteiger partial charge in [0, 0.05) is 31.2 Å². The fraction of sp³-hybridized carbons (Fsp3) is 0.250. The first-order chi connectivity index (χ1) is 10.7. The molecule has 2 heterocycles. The van der Waals surface area contributed by atoms with Crippen LogP contribution in [0.25, 0.3) is 0 Å². The molecule has 1 saturated heterocycles. The van der Waals surface area contributed by atoms with Gasteiger partial charge in [0.2, 0.25) is 0 Å². The van der Waals surface area contributed by atoms with Gasteiger partial charge in [-0.15, -0.1) is 0 Å². The molecule has 0 unspecified atom stereocenters. The third-order valence-electron chi connectivity index (χ3n) is 3.50. The van der Waals surface area contributed by atoms with Crippen molar-refractivity contribution >= 4 is 17.3 Å². The molecule has 5 nitrogen and oxygen atoms in total. The van der Waals surface area contributed by atoms with Gasteiger partial charge >= 0.3 is 0 Å². The van der Waals surface area contributed by atoms with E-state index in [9.17, 15) is 9.18 Å². The lowest BCUT2D eigenvalue weighted by Gasteiger charge is -2.29. The van der Waals surface area contributed by atoms with E-state index in [2.05, 4.69) is 15.2 Å². The number of benzene rings is 1. The van der Waals surface area contributed by atoms with Crippen LogP contribution in [0.1, 0.15) is 10.4 Å². The van der Waals surface area contributed by atoms with Crippen molar-refractivity contribution in [3.8, 4) is 0 Å². The lowest BCUT2D eigenvalue weighted by Crippen LogP contribution is -2.36. The van der Waals surface area contributed by atoms with Crippen molar-refractivity contribution in [2.75, 3.05) is 36.5 Å². The quantitative estimate of drug-likeness (QED) is 0.945. The molecule has 2 aromatic rings. The highest BCUT2D eigenvalue weighted by Crippen LogP contribution is 2.24. The van der Waals surface area contributed by atoms with E-state index in [1.54, 1.807) is 30.5 Å². The number of hydrogen-bond donors (Lipinski definition) is 1. The molecule has 3 rings (SSSR count). The van der Waals surface area contributed by atoms with E-state index in [0.717, 1.165) is 18.8 Å². The van der Waals surface area contributed by atoms with E-state index >= 15 is 0 Å². The van der Waals surface area contributed by atoms with Crippen molar-refractivity contribution in [3.05, 3.63) is 54.1 Å². The Hall–Kier alpha value is -2.47. The minimum atomic E-state index is -0.464. The Labute approximate surface area is 127 Å². The van der Waals surface area contributed by atoms with Gasteiger partial charge in [0.15, 0.2) is 0 Å². The Morgan fingerprint density at radius 2 is 2.09 bits per heavy atom. The maximum atomic E-state index is 13.9. The molecule has 0 aliphatic carbocycles. The molecule has 1 amide bonds. The number of nitrogens with zero attached hydrogens (tertiary/aromatic N) is 2. The van der Waals surface area contributed by atoms with Crippen molar-refractivity contribution in [1.29, 1.82) is 0 Å². The Morgan fingerprint density at radius 3 is 2.82 bits per heavy atom. The van der Waals surface area contributed by atoms with Gasteiger partial charge in [0.25, 0.3) is 5.91 Å². The minimum Gasteiger partial charge on any atom is -0.378 e. The second-order valence-corrected chi connectivity index (χ2v) is 4.96. The molecule has 114 valence electrons. The zero-order valence-corrected chi connectivity index (χ0v) is 12.0. The molecule has 0 atom stereocenters. The van der Waals surface area contributed by atoms with Crippen LogP contribution in [0.15, 0.2) is 42.7 Å². The van der Waals surface area contributed by atoms with Crippen LogP contribution in [0.3, 0.4) is 0 Å². The van der Waals surface area contributed by atoms with Gasteiger partial charge in [-0.05, 0) is 30.3 Å². The zero-order valence-electron chi connectivity index (χ0n) is 12.0. The van der Waals surface area contributed by atoms with Crippen LogP contribution in [-0.2, 0) is 4.74 Å². The van der Waals surface area contributed by atoms with Crippen LogP contribution in [-0.4, -0.2) is 37.2 Å².